The van der Waals surface area contributed by atoms with Gasteiger partial charge in [0.25, 0.3) is 0 Å². The zero-order valence-corrected chi connectivity index (χ0v) is 32.2. The van der Waals surface area contributed by atoms with Crippen LogP contribution in [0.1, 0.15) is 0 Å². The van der Waals surface area contributed by atoms with Gasteiger partial charge in [-0.2, -0.15) is 0 Å². The predicted molar refractivity (Wildman–Crippen MR) is 220 cm³/mol. The van der Waals surface area contributed by atoms with Crippen molar-refractivity contribution in [2.75, 3.05) is 0 Å². The first-order valence-corrected chi connectivity index (χ1v) is 18.6. The average Bonchev–Trinajstić information content (AvgIpc) is 3.23. The first-order valence-electron chi connectivity index (χ1n) is 17.1. The molecule has 0 aliphatic rings. The molecule has 53 heavy (non-hydrogen) atoms. The van der Waals surface area contributed by atoms with Crippen LogP contribution in [-0.4, -0.2) is 15.1 Å². The molecule has 0 saturated carbocycles. The molecule has 1 radical (unpaired) electrons. The zero-order valence-electron chi connectivity index (χ0n) is 28.8. The third-order valence-electron chi connectivity index (χ3n) is 8.57. The fraction of sp³-hybridized carbons (Fsp3) is 0. The molecule has 259 valence electrons. The fourth-order valence-corrected chi connectivity index (χ4v) is 8.73. The van der Waals surface area contributed by atoms with Gasteiger partial charge in [-0.3, -0.25) is 0 Å². The summed E-state index contributed by atoms with van der Waals surface area (Å²) in [4.78, 5) is 8.89. The molecule has 0 atom stereocenters. The Morgan fingerprint density at radius 1 is 0.415 bits per heavy atom. The first kappa shape index (κ1) is 37.0. The number of para-hydroxylation sites is 1. The molecule has 9 rings (SSSR count). The summed E-state index contributed by atoms with van der Waals surface area (Å²) in [6.45, 7) is 0. The van der Waals surface area contributed by atoms with Gasteiger partial charge in [-0.25, -0.2) is 0 Å². The van der Waals surface area contributed by atoms with E-state index in [-0.39, 0.29) is 20.1 Å². The number of phenolic OH excluding ortho intramolecular Hbond substituents is 1. The molecular weight excluding hydrogens is 844 g/mol. The van der Waals surface area contributed by atoms with E-state index in [0.29, 0.717) is 5.75 Å². The van der Waals surface area contributed by atoms with Crippen LogP contribution in [0, 0.1) is 12.1 Å². The van der Waals surface area contributed by atoms with E-state index in [4.69, 9.17) is 0 Å². The topological polar surface area (TPSA) is 46.0 Å². The molecule has 9 aromatic rings. The Balaban J connectivity index is 0.000000136. The van der Waals surface area contributed by atoms with Crippen LogP contribution in [0.25, 0.3) is 44.1 Å². The molecule has 1 N–H and O–H groups in total. The van der Waals surface area contributed by atoms with Crippen molar-refractivity contribution in [3.63, 3.8) is 0 Å². The van der Waals surface area contributed by atoms with Crippen molar-refractivity contribution in [3.05, 3.63) is 219 Å². The first-order chi connectivity index (χ1) is 25.8. The van der Waals surface area contributed by atoms with Crippen molar-refractivity contribution >= 4 is 45.4 Å². The number of hydrogen-bond acceptors (Lipinski definition) is 3. The van der Waals surface area contributed by atoms with Crippen molar-refractivity contribution < 1.29 is 25.2 Å². The van der Waals surface area contributed by atoms with E-state index in [1.165, 1.54) is 32.2 Å². The van der Waals surface area contributed by atoms with Crippen molar-refractivity contribution in [2.24, 2.45) is 0 Å². The van der Waals surface area contributed by atoms with Crippen molar-refractivity contribution in [1.82, 2.24) is 9.97 Å². The van der Waals surface area contributed by atoms with Gasteiger partial charge >= 0.3 is 0 Å². The number of fused-ring (bicyclic) bond motifs is 2. The SMILES string of the molecule is Oc1ccccc1[PH+](c1ccccc1)c1ccccc1.[Ir].[c-]1ccccc1-c1nccc2ccccc12.[c-]1ccccc1-c1nccc2ccccc12. The summed E-state index contributed by atoms with van der Waals surface area (Å²) in [6.07, 6.45) is 3.69. The quantitative estimate of drug-likeness (QED) is 0.138. The molecule has 0 fully saturated rings. The van der Waals surface area contributed by atoms with Gasteiger partial charge in [0, 0.05) is 32.5 Å². The number of rotatable bonds is 5. The van der Waals surface area contributed by atoms with E-state index in [2.05, 4.69) is 94.9 Å². The summed E-state index contributed by atoms with van der Waals surface area (Å²) < 4.78 is 0. The minimum Gasteiger partial charge on any atom is -0.504 e. The maximum Gasteiger partial charge on any atom is 0.158 e. The molecule has 0 bridgehead atoms. The van der Waals surface area contributed by atoms with Crippen LogP contribution in [0.4, 0.5) is 0 Å². The summed E-state index contributed by atoms with van der Waals surface area (Å²) in [6, 6.07) is 71.4. The van der Waals surface area contributed by atoms with Gasteiger partial charge in [-0.15, -0.1) is 71.8 Å². The van der Waals surface area contributed by atoms with Crippen molar-refractivity contribution in [1.29, 1.82) is 0 Å². The maximum atomic E-state index is 10.2. The zero-order chi connectivity index (χ0) is 35.4. The van der Waals surface area contributed by atoms with Gasteiger partial charge in [0.05, 0.1) is 0 Å². The van der Waals surface area contributed by atoms with Crippen LogP contribution in [0.5, 0.6) is 5.75 Å². The Labute approximate surface area is 325 Å². The Kier molecular flexibility index (Phi) is 13.0. The summed E-state index contributed by atoms with van der Waals surface area (Å²) in [5, 5.41) is 18.6. The average molecular weight is 880 g/mol. The summed E-state index contributed by atoms with van der Waals surface area (Å²) in [5.41, 5.74) is 4.08. The number of pyridine rings is 2. The van der Waals surface area contributed by atoms with Crippen LogP contribution in [0.15, 0.2) is 207 Å². The monoisotopic (exact) mass is 880 g/mol. The standard InChI is InChI=1S/C18H15OP.2C15H10N.Ir/c19-17-13-7-8-14-18(17)20(15-9-3-1-4-10-15)16-11-5-2-6-12-16;2*1-2-7-13(8-3-1)15-14-9-5-4-6-12(14)10-11-16-15;/h1-14,19H;2*1-7,9-11H;/q;2*-1;/p+1. The smallest absolute Gasteiger partial charge is 0.158 e. The molecule has 5 heteroatoms. The number of phenols is 1. The van der Waals surface area contributed by atoms with E-state index in [0.717, 1.165) is 27.8 Å². The van der Waals surface area contributed by atoms with Gasteiger partial charge < -0.3 is 15.1 Å². The van der Waals surface area contributed by atoms with Crippen LogP contribution in [0.2, 0.25) is 0 Å². The van der Waals surface area contributed by atoms with E-state index >= 15 is 0 Å². The third-order valence-corrected chi connectivity index (χ3v) is 11.4. The fourth-order valence-electron chi connectivity index (χ4n) is 6.12. The maximum absolute atomic E-state index is 10.2. The molecule has 0 spiro atoms. The number of aromatic nitrogens is 2. The molecular formula is C48H36IrN2OP-. The molecule has 3 nitrogen and oxygen atoms in total. The Hall–Kier alpha value is -5.76. The van der Waals surface area contributed by atoms with E-state index in [1.54, 1.807) is 6.07 Å². The molecule has 7 aromatic carbocycles. The van der Waals surface area contributed by atoms with Gasteiger partial charge in [0.2, 0.25) is 0 Å². The number of nitrogens with zero attached hydrogens (tertiary/aromatic N) is 2. The van der Waals surface area contributed by atoms with Crippen molar-refractivity contribution in [2.45, 2.75) is 0 Å². The Morgan fingerprint density at radius 2 is 0.830 bits per heavy atom. The molecule has 0 aliphatic heterocycles. The van der Waals surface area contributed by atoms with E-state index in [1.807, 2.05) is 128 Å². The summed E-state index contributed by atoms with van der Waals surface area (Å²) in [7, 11) is -1.16. The molecule has 0 saturated heterocycles. The van der Waals surface area contributed by atoms with E-state index < -0.39 is 7.92 Å². The van der Waals surface area contributed by atoms with Crippen molar-refractivity contribution in [3.8, 4) is 28.3 Å². The number of benzene rings is 7. The molecule has 2 heterocycles. The minimum atomic E-state index is -1.16. The Morgan fingerprint density at radius 3 is 1.28 bits per heavy atom. The molecule has 0 aliphatic carbocycles. The number of aromatic hydroxyl groups is 1. The van der Waals surface area contributed by atoms with Gasteiger partial charge in [-0.05, 0) is 81.5 Å². The summed E-state index contributed by atoms with van der Waals surface area (Å²) >= 11 is 0. The second-order valence-electron chi connectivity index (χ2n) is 11.9. The van der Waals surface area contributed by atoms with Gasteiger partial charge in [-0.1, -0.05) is 97.1 Å². The Bertz CT molecular complexity index is 2320. The second kappa shape index (κ2) is 18.6. The summed E-state index contributed by atoms with van der Waals surface area (Å²) in [5.74, 6) is 0.383. The predicted octanol–water partition coefficient (Wildman–Crippen LogP) is 10.3. The van der Waals surface area contributed by atoms with Gasteiger partial charge in [0.15, 0.2) is 5.75 Å². The second-order valence-corrected chi connectivity index (χ2v) is 14.4. The molecule has 0 unspecified atom stereocenters. The minimum absolute atomic E-state index is 0. The van der Waals surface area contributed by atoms with Crippen LogP contribution < -0.4 is 15.9 Å². The van der Waals surface area contributed by atoms with Crippen LogP contribution in [0.3, 0.4) is 0 Å². The largest absolute Gasteiger partial charge is 0.504 e. The third kappa shape index (κ3) is 9.19. The molecule has 2 aromatic heterocycles. The molecule has 0 amide bonds. The van der Waals surface area contributed by atoms with Crippen LogP contribution >= 0.6 is 7.92 Å². The van der Waals surface area contributed by atoms with Crippen LogP contribution in [-0.2, 0) is 20.1 Å². The normalized spacial score (nSPS) is 10.4. The van der Waals surface area contributed by atoms with Gasteiger partial charge in [0.1, 0.15) is 23.8 Å². The number of hydrogen-bond donors (Lipinski definition) is 1. The van der Waals surface area contributed by atoms with E-state index in [9.17, 15) is 5.11 Å².